The van der Waals surface area contributed by atoms with E-state index in [0.717, 1.165) is 0 Å². The molecule has 0 aromatic heterocycles. The van der Waals surface area contributed by atoms with Crippen LogP contribution in [-0.2, 0) is 4.79 Å². The van der Waals surface area contributed by atoms with Crippen LogP contribution in [0, 0.1) is 10.1 Å². The van der Waals surface area contributed by atoms with Gasteiger partial charge in [-0.2, -0.15) is 0 Å². The van der Waals surface area contributed by atoms with E-state index in [1.54, 1.807) is 0 Å². The third-order valence-corrected chi connectivity index (χ3v) is 2.04. The van der Waals surface area contributed by atoms with Crippen LogP contribution in [0.2, 0.25) is 0 Å². The molecule has 0 amide bonds. The maximum atomic E-state index is 10.6. The molecule has 0 saturated carbocycles. The van der Waals surface area contributed by atoms with Gasteiger partial charge in [0.25, 0.3) is 0 Å². The summed E-state index contributed by atoms with van der Waals surface area (Å²) in [5.74, 6) is -0.776. The fourth-order valence-electron chi connectivity index (χ4n) is 1.25. The Hall–Kier alpha value is -2.31. The van der Waals surface area contributed by atoms with Crippen molar-refractivity contribution in [1.82, 2.24) is 0 Å². The predicted molar refractivity (Wildman–Crippen MR) is 60.4 cm³/mol. The normalized spacial score (nSPS) is 9.71. The van der Waals surface area contributed by atoms with Crippen LogP contribution in [-0.4, -0.2) is 29.7 Å². The van der Waals surface area contributed by atoms with E-state index < -0.39 is 10.9 Å². The highest BCUT2D eigenvalue weighted by Crippen LogP contribution is 2.29. The van der Waals surface area contributed by atoms with Gasteiger partial charge in [-0.05, 0) is 6.07 Å². The standard InChI is InChI=1S/C10H12N2O5/c1-17-9-6-7(11-5-4-10(13)14)2-3-8(9)12(15)16/h2-3,6,11H,4-5H2,1H3,(H,13,14). The highest BCUT2D eigenvalue weighted by Gasteiger charge is 2.14. The van der Waals surface area contributed by atoms with Crippen LogP contribution in [0.1, 0.15) is 6.42 Å². The van der Waals surface area contributed by atoms with Gasteiger partial charge >= 0.3 is 11.7 Å². The van der Waals surface area contributed by atoms with Gasteiger partial charge in [-0.3, -0.25) is 14.9 Å². The minimum absolute atomic E-state index is 0.0285. The Kier molecular flexibility index (Phi) is 4.27. The van der Waals surface area contributed by atoms with Gasteiger partial charge in [-0.1, -0.05) is 0 Å². The van der Waals surface area contributed by atoms with Gasteiger partial charge in [0.05, 0.1) is 18.5 Å². The Morgan fingerprint density at radius 3 is 2.82 bits per heavy atom. The monoisotopic (exact) mass is 240 g/mol. The fraction of sp³-hybridized carbons (Fsp3) is 0.300. The molecule has 0 aliphatic rings. The number of benzene rings is 1. The van der Waals surface area contributed by atoms with E-state index in [1.807, 2.05) is 0 Å². The Bertz CT molecular complexity index is 433. The molecule has 1 aromatic carbocycles. The molecular formula is C10H12N2O5. The lowest BCUT2D eigenvalue weighted by Gasteiger charge is -2.07. The number of methoxy groups -OCH3 is 1. The minimum atomic E-state index is -0.911. The minimum Gasteiger partial charge on any atom is -0.490 e. The van der Waals surface area contributed by atoms with Crippen molar-refractivity contribution < 1.29 is 19.6 Å². The summed E-state index contributed by atoms with van der Waals surface area (Å²) in [6.45, 7) is 0.246. The van der Waals surface area contributed by atoms with Crippen LogP contribution in [0.5, 0.6) is 5.75 Å². The molecule has 1 aromatic rings. The first-order valence-electron chi connectivity index (χ1n) is 4.82. The molecule has 0 radical (unpaired) electrons. The number of hydrogen-bond acceptors (Lipinski definition) is 5. The number of nitro benzene ring substituents is 1. The third kappa shape index (κ3) is 3.63. The highest BCUT2D eigenvalue weighted by atomic mass is 16.6. The van der Waals surface area contributed by atoms with Gasteiger partial charge in [0.2, 0.25) is 0 Å². The van der Waals surface area contributed by atoms with E-state index in [9.17, 15) is 14.9 Å². The number of nitrogens with one attached hydrogen (secondary N) is 1. The average Bonchev–Trinajstić information content (AvgIpc) is 2.28. The second-order valence-corrected chi connectivity index (χ2v) is 3.21. The van der Waals surface area contributed by atoms with Gasteiger partial charge in [-0.25, -0.2) is 0 Å². The Balaban J connectivity index is 2.75. The number of aliphatic carboxylic acids is 1. The molecule has 0 heterocycles. The Labute approximate surface area is 97.2 Å². The summed E-state index contributed by atoms with van der Waals surface area (Å²) in [6.07, 6.45) is -0.0285. The number of carboxylic acid groups (broad SMARTS) is 1. The largest absolute Gasteiger partial charge is 0.490 e. The van der Waals surface area contributed by atoms with Gasteiger partial charge < -0.3 is 15.2 Å². The lowest BCUT2D eigenvalue weighted by atomic mass is 10.2. The van der Waals surface area contributed by atoms with Crippen molar-refractivity contribution in [2.24, 2.45) is 0 Å². The molecule has 1 rings (SSSR count). The highest BCUT2D eigenvalue weighted by molar-refractivity contribution is 5.67. The number of anilines is 1. The predicted octanol–water partition coefficient (Wildman–Crippen LogP) is 1.49. The zero-order valence-electron chi connectivity index (χ0n) is 9.17. The second kappa shape index (κ2) is 5.69. The molecule has 0 bridgehead atoms. The van der Waals surface area contributed by atoms with E-state index in [2.05, 4.69) is 5.32 Å². The number of ether oxygens (including phenoxy) is 1. The van der Waals surface area contributed by atoms with E-state index in [0.29, 0.717) is 5.69 Å². The summed E-state index contributed by atoms with van der Waals surface area (Å²) in [4.78, 5) is 20.4. The first-order chi connectivity index (χ1) is 8.04. The van der Waals surface area contributed by atoms with Gasteiger partial charge in [0.15, 0.2) is 5.75 Å². The Morgan fingerprint density at radius 1 is 1.59 bits per heavy atom. The van der Waals surface area contributed by atoms with Crippen molar-refractivity contribution in [3.05, 3.63) is 28.3 Å². The van der Waals surface area contributed by atoms with Gasteiger partial charge in [0.1, 0.15) is 0 Å². The van der Waals surface area contributed by atoms with Crippen LogP contribution in [0.4, 0.5) is 11.4 Å². The molecule has 2 N–H and O–H groups in total. The molecule has 7 nitrogen and oxygen atoms in total. The first-order valence-corrected chi connectivity index (χ1v) is 4.82. The molecule has 0 aliphatic carbocycles. The average molecular weight is 240 g/mol. The van der Waals surface area contributed by atoms with Crippen LogP contribution in [0.3, 0.4) is 0 Å². The SMILES string of the molecule is COc1cc(NCCC(=O)O)ccc1[N+](=O)[O-]. The quantitative estimate of drug-likeness (QED) is 0.577. The number of nitrogens with zero attached hydrogens (tertiary/aromatic N) is 1. The molecule has 0 saturated heterocycles. The fourth-order valence-corrected chi connectivity index (χ4v) is 1.25. The maximum Gasteiger partial charge on any atom is 0.311 e. The molecule has 0 fully saturated rings. The van der Waals surface area contributed by atoms with E-state index >= 15 is 0 Å². The molecule has 92 valence electrons. The number of rotatable bonds is 6. The number of carboxylic acids is 1. The molecule has 0 spiro atoms. The zero-order chi connectivity index (χ0) is 12.8. The number of nitro groups is 1. The maximum absolute atomic E-state index is 10.6. The molecule has 0 aliphatic heterocycles. The second-order valence-electron chi connectivity index (χ2n) is 3.21. The van der Waals surface area contributed by atoms with Crippen molar-refractivity contribution in [2.45, 2.75) is 6.42 Å². The van der Waals surface area contributed by atoms with Crippen LogP contribution in [0.15, 0.2) is 18.2 Å². The smallest absolute Gasteiger partial charge is 0.311 e. The van der Waals surface area contributed by atoms with Crippen LogP contribution < -0.4 is 10.1 Å². The molecule has 7 heteroatoms. The van der Waals surface area contributed by atoms with Crippen LogP contribution in [0.25, 0.3) is 0 Å². The lowest BCUT2D eigenvalue weighted by Crippen LogP contribution is -2.07. The van der Waals surface area contributed by atoms with Crippen molar-refractivity contribution >= 4 is 17.3 Å². The van der Waals surface area contributed by atoms with Gasteiger partial charge in [0, 0.05) is 24.4 Å². The third-order valence-electron chi connectivity index (χ3n) is 2.04. The van der Waals surface area contributed by atoms with Crippen molar-refractivity contribution in [3.8, 4) is 5.75 Å². The summed E-state index contributed by atoms with van der Waals surface area (Å²) in [5, 5.41) is 21.9. The number of hydrogen-bond donors (Lipinski definition) is 2. The Morgan fingerprint density at radius 2 is 2.29 bits per heavy atom. The van der Waals surface area contributed by atoms with E-state index in [4.69, 9.17) is 9.84 Å². The molecular weight excluding hydrogens is 228 g/mol. The summed E-state index contributed by atoms with van der Waals surface area (Å²) in [5.41, 5.74) is 0.449. The topological polar surface area (TPSA) is 102 Å². The summed E-state index contributed by atoms with van der Waals surface area (Å²) < 4.78 is 4.88. The lowest BCUT2D eigenvalue weighted by molar-refractivity contribution is -0.385. The summed E-state index contributed by atoms with van der Waals surface area (Å²) in [6, 6.07) is 4.27. The first kappa shape index (κ1) is 12.8. The van der Waals surface area contributed by atoms with E-state index in [-0.39, 0.29) is 24.4 Å². The van der Waals surface area contributed by atoms with Crippen molar-refractivity contribution in [3.63, 3.8) is 0 Å². The van der Waals surface area contributed by atoms with Gasteiger partial charge in [-0.15, -0.1) is 0 Å². The van der Waals surface area contributed by atoms with E-state index in [1.165, 1.54) is 25.3 Å². The summed E-state index contributed by atoms with van der Waals surface area (Å²) in [7, 11) is 1.34. The molecule has 17 heavy (non-hydrogen) atoms. The molecule has 0 unspecified atom stereocenters. The van der Waals surface area contributed by atoms with Crippen molar-refractivity contribution in [2.75, 3.05) is 19.0 Å². The summed E-state index contributed by atoms with van der Waals surface area (Å²) >= 11 is 0. The molecule has 0 atom stereocenters. The van der Waals surface area contributed by atoms with Crippen LogP contribution >= 0.6 is 0 Å². The zero-order valence-corrected chi connectivity index (χ0v) is 9.17. The number of carbonyl (C=O) groups is 1. The van der Waals surface area contributed by atoms with Crippen molar-refractivity contribution in [1.29, 1.82) is 0 Å².